The predicted molar refractivity (Wildman–Crippen MR) is 86.4 cm³/mol. The molecule has 0 radical (unpaired) electrons. The van der Waals surface area contributed by atoms with E-state index in [1.807, 2.05) is 13.8 Å². The Morgan fingerprint density at radius 3 is 2.61 bits per heavy atom. The third-order valence-electron chi connectivity index (χ3n) is 3.92. The number of carbonyl (C=O) groups is 1. The van der Waals surface area contributed by atoms with Crippen LogP contribution >= 0.6 is 0 Å². The third-order valence-corrected chi connectivity index (χ3v) is 5.86. The van der Waals surface area contributed by atoms with Crippen molar-refractivity contribution < 1.29 is 17.9 Å². The van der Waals surface area contributed by atoms with E-state index in [4.69, 9.17) is 10.5 Å². The average molecular weight is 341 g/mol. The molecule has 7 nitrogen and oxygen atoms in total. The average Bonchev–Trinajstić information content (AvgIpc) is 2.54. The summed E-state index contributed by atoms with van der Waals surface area (Å²) in [5.74, 6) is -0.760. The Morgan fingerprint density at radius 1 is 1.30 bits per heavy atom. The SMILES string of the molecule is CCOC1CN(CC)CCN1S(=O)(=O)c1ccccc1C(N)=O. The van der Waals surface area contributed by atoms with Crippen molar-refractivity contribution in [2.45, 2.75) is 25.0 Å². The van der Waals surface area contributed by atoms with Crippen LogP contribution in [0.3, 0.4) is 0 Å². The van der Waals surface area contributed by atoms with Crippen molar-refractivity contribution in [1.82, 2.24) is 9.21 Å². The largest absolute Gasteiger partial charge is 0.366 e. The minimum atomic E-state index is -3.86. The molecule has 1 heterocycles. The van der Waals surface area contributed by atoms with E-state index in [-0.39, 0.29) is 10.5 Å². The number of primary amides is 1. The van der Waals surface area contributed by atoms with Gasteiger partial charge in [-0.1, -0.05) is 19.1 Å². The van der Waals surface area contributed by atoms with Crippen molar-refractivity contribution in [3.8, 4) is 0 Å². The van der Waals surface area contributed by atoms with Crippen LogP contribution in [-0.4, -0.2) is 62.5 Å². The van der Waals surface area contributed by atoms with E-state index in [0.717, 1.165) is 6.54 Å². The van der Waals surface area contributed by atoms with E-state index < -0.39 is 22.2 Å². The lowest BCUT2D eigenvalue weighted by atomic mass is 10.2. The van der Waals surface area contributed by atoms with Gasteiger partial charge in [0.05, 0.1) is 10.5 Å². The highest BCUT2D eigenvalue weighted by Gasteiger charge is 2.37. The summed E-state index contributed by atoms with van der Waals surface area (Å²) in [5.41, 5.74) is 5.32. The van der Waals surface area contributed by atoms with Crippen LogP contribution in [0.2, 0.25) is 0 Å². The van der Waals surface area contributed by atoms with Crippen LogP contribution < -0.4 is 5.73 Å². The molecule has 23 heavy (non-hydrogen) atoms. The quantitative estimate of drug-likeness (QED) is 0.812. The van der Waals surface area contributed by atoms with Gasteiger partial charge in [0.1, 0.15) is 6.23 Å². The number of amides is 1. The molecule has 1 unspecified atom stereocenters. The summed E-state index contributed by atoms with van der Waals surface area (Å²) in [7, 11) is -3.86. The molecule has 1 amide bonds. The van der Waals surface area contributed by atoms with Crippen molar-refractivity contribution in [3.05, 3.63) is 29.8 Å². The third kappa shape index (κ3) is 3.72. The van der Waals surface area contributed by atoms with E-state index >= 15 is 0 Å². The molecule has 1 atom stereocenters. The summed E-state index contributed by atoms with van der Waals surface area (Å²) < 4.78 is 33.0. The second-order valence-corrected chi connectivity index (χ2v) is 7.14. The lowest BCUT2D eigenvalue weighted by molar-refractivity contribution is -0.0575. The number of hydrogen-bond acceptors (Lipinski definition) is 5. The monoisotopic (exact) mass is 341 g/mol. The van der Waals surface area contributed by atoms with Gasteiger partial charge in [-0.25, -0.2) is 8.42 Å². The van der Waals surface area contributed by atoms with Gasteiger partial charge in [0.25, 0.3) is 0 Å². The number of hydrogen-bond donors (Lipinski definition) is 1. The fraction of sp³-hybridized carbons (Fsp3) is 0.533. The highest BCUT2D eigenvalue weighted by Crippen LogP contribution is 2.24. The van der Waals surface area contributed by atoms with Crippen LogP contribution in [0.15, 0.2) is 29.2 Å². The summed E-state index contributed by atoms with van der Waals surface area (Å²) in [6.07, 6.45) is -0.570. The number of piperazine rings is 1. The van der Waals surface area contributed by atoms with Crippen molar-refractivity contribution in [1.29, 1.82) is 0 Å². The molecule has 0 spiro atoms. The van der Waals surface area contributed by atoms with Crippen molar-refractivity contribution in [2.24, 2.45) is 5.73 Å². The summed E-state index contributed by atoms with van der Waals surface area (Å²) in [6.45, 7) is 6.53. The van der Waals surface area contributed by atoms with Gasteiger partial charge in [0.15, 0.2) is 0 Å². The Labute approximate surface area is 137 Å². The maximum absolute atomic E-state index is 13.0. The van der Waals surface area contributed by atoms with Crippen LogP contribution in [0, 0.1) is 0 Å². The van der Waals surface area contributed by atoms with Crippen LogP contribution in [0.5, 0.6) is 0 Å². The molecule has 0 bridgehead atoms. The Balaban J connectivity index is 2.40. The summed E-state index contributed by atoms with van der Waals surface area (Å²) in [5, 5.41) is 0. The molecule has 128 valence electrons. The zero-order chi connectivity index (χ0) is 17.0. The highest BCUT2D eigenvalue weighted by atomic mass is 32.2. The molecule has 2 rings (SSSR count). The first kappa shape index (κ1) is 17.9. The molecule has 1 saturated heterocycles. The topological polar surface area (TPSA) is 92.9 Å². The second-order valence-electron chi connectivity index (χ2n) is 5.28. The fourth-order valence-electron chi connectivity index (χ4n) is 2.70. The molecule has 0 aliphatic carbocycles. The summed E-state index contributed by atoms with van der Waals surface area (Å²) >= 11 is 0. The molecule has 1 aromatic rings. The maximum atomic E-state index is 13.0. The number of benzene rings is 1. The first-order chi connectivity index (χ1) is 10.9. The Bertz CT molecular complexity index is 662. The summed E-state index contributed by atoms with van der Waals surface area (Å²) in [6, 6.07) is 6.00. The van der Waals surface area contributed by atoms with E-state index in [0.29, 0.717) is 26.2 Å². The highest BCUT2D eigenvalue weighted by molar-refractivity contribution is 7.89. The van der Waals surface area contributed by atoms with Gasteiger partial charge in [-0.15, -0.1) is 0 Å². The number of nitrogens with two attached hydrogens (primary N) is 1. The molecule has 0 saturated carbocycles. The van der Waals surface area contributed by atoms with Gasteiger partial charge in [0, 0.05) is 26.2 Å². The molecular formula is C15H23N3O4S. The minimum absolute atomic E-state index is 0.000620. The molecule has 1 aromatic carbocycles. The van der Waals surface area contributed by atoms with Crippen LogP contribution in [0.25, 0.3) is 0 Å². The number of ether oxygens (including phenoxy) is 1. The normalized spacial score (nSPS) is 20.5. The number of nitrogens with zero attached hydrogens (tertiary/aromatic N) is 2. The van der Waals surface area contributed by atoms with Gasteiger partial charge < -0.3 is 10.5 Å². The van der Waals surface area contributed by atoms with Gasteiger partial charge in [-0.05, 0) is 25.6 Å². The summed E-state index contributed by atoms with van der Waals surface area (Å²) in [4.78, 5) is 13.6. The predicted octanol–water partition coefficient (Wildman–Crippen LogP) is 0.474. The van der Waals surface area contributed by atoms with E-state index in [2.05, 4.69) is 4.90 Å². The van der Waals surface area contributed by atoms with E-state index in [1.165, 1.54) is 16.4 Å². The van der Waals surface area contributed by atoms with Crippen LogP contribution in [-0.2, 0) is 14.8 Å². The number of carbonyl (C=O) groups excluding carboxylic acids is 1. The van der Waals surface area contributed by atoms with Gasteiger partial charge in [-0.3, -0.25) is 9.69 Å². The Morgan fingerprint density at radius 2 is 2.00 bits per heavy atom. The zero-order valence-corrected chi connectivity index (χ0v) is 14.3. The zero-order valence-electron chi connectivity index (χ0n) is 13.4. The number of sulfonamides is 1. The van der Waals surface area contributed by atoms with E-state index in [9.17, 15) is 13.2 Å². The van der Waals surface area contributed by atoms with Crippen LogP contribution in [0.4, 0.5) is 0 Å². The first-order valence-corrected chi connectivity index (χ1v) is 9.10. The smallest absolute Gasteiger partial charge is 0.250 e. The van der Waals surface area contributed by atoms with Gasteiger partial charge in [0.2, 0.25) is 15.9 Å². The fourth-order valence-corrected chi connectivity index (χ4v) is 4.41. The molecule has 1 aliphatic rings. The molecule has 1 fully saturated rings. The first-order valence-electron chi connectivity index (χ1n) is 7.66. The lowest BCUT2D eigenvalue weighted by Crippen LogP contribution is -2.56. The van der Waals surface area contributed by atoms with Gasteiger partial charge in [-0.2, -0.15) is 4.31 Å². The van der Waals surface area contributed by atoms with Crippen molar-refractivity contribution in [3.63, 3.8) is 0 Å². The second kappa shape index (κ2) is 7.39. The maximum Gasteiger partial charge on any atom is 0.250 e. The van der Waals surface area contributed by atoms with Crippen molar-refractivity contribution >= 4 is 15.9 Å². The molecule has 8 heteroatoms. The Hall–Kier alpha value is -1.48. The minimum Gasteiger partial charge on any atom is -0.366 e. The van der Waals surface area contributed by atoms with Crippen molar-refractivity contribution in [2.75, 3.05) is 32.8 Å². The number of likely N-dealkylation sites (N-methyl/N-ethyl adjacent to an activating group) is 1. The van der Waals surface area contributed by atoms with Gasteiger partial charge >= 0.3 is 0 Å². The lowest BCUT2D eigenvalue weighted by Gasteiger charge is -2.39. The molecule has 0 aromatic heterocycles. The Kier molecular flexibility index (Phi) is 5.74. The van der Waals surface area contributed by atoms with E-state index in [1.54, 1.807) is 12.1 Å². The molecular weight excluding hydrogens is 318 g/mol. The molecule has 1 aliphatic heterocycles. The molecule has 2 N–H and O–H groups in total. The standard InChI is InChI=1S/C15H23N3O4S/c1-3-17-9-10-18(14(11-17)22-4-2)23(20,21)13-8-6-5-7-12(13)15(16)19/h5-8,14H,3-4,9-11H2,1-2H3,(H2,16,19). The van der Waals surface area contributed by atoms with Crippen LogP contribution in [0.1, 0.15) is 24.2 Å². The number of rotatable bonds is 6.